The summed E-state index contributed by atoms with van der Waals surface area (Å²) >= 11 is 3.13. The van der Waals surface area contributed by atoms with Crippen LogP contribution in [0.3, 0.4) is 0 Å². The van der Waals surface area contributed by atoms with Gasteiger partial charge in [-0.1, -0.05) is 49.5 Å². The van der Waals surface area contributed by atoms with Gasteiger partial charge in [0.05, 0.1) is 6.10 Å². The molecule has 0 spiro atoms. The van der Waals surface area contributed by atoms with Crippen LogP contribution in [0.15, 0.2) is 10.6 Å². The molecule has 0 saturated carbocycles. The second kappa shape index (κ2) is 7.18. The third kappa shape index (κ3) is 4.38. The van der Waals surface area contributed by atoms with Crippen LogP contribution in [0.25, 0.3) is 0 Å². The summed E-state index contributed by atoms with van der Waals surface area (Å²) in [5, 5.41) is 9.74. The van der Waals surface area contributed by atoms with Gasteiger partial charge in [-0.05, 0) is 11.4 Å². The fourth-order valence-corrected chi connectivity index (χ4v) is 1.71. The molecule has 0 aromatic heterocycles. The van der Waals surface area contributed by atoms with Gasteiger partial charge in [-0.3, -0.25) is 4.79 Å². The molecule has 3 heteroatoms. The third-order valence-corrected chi connectivity index (χ3v) is 2.61. The van der Waals surface area contributed by atoms with E-state index in [2.05, 4.69) is 22.9 Å². The molecule has 1 atom stereocenters. The van der Waals surface area contributed by atoms with Crippen LogP contribution in [-0.2, 0) is 4.79 Å². The van der Waals surface area contributed by atoms with E-state index in [4.69, 9.17) is 0 Å². The van der Waals surface area contributed by atoms with E-state index in [0.29, 0.717) is 12.0 Å². The fourth-order valence-electron chi connectivity index (χ4n) is 1.18. The maximum absolute atomic E-state index is 11.6. The number of rotatable bonds is 6. The first-order valence-electron chi connectivity index (χ1n) is 5.07. The monoisotopic (exact) mass is 262 g/mol. The second-order valence-electron chi connectivity index (χ2n) is 3.74. The van der Waals surface area contributed by atoms with E-state index in [1.54, 1.807) is 4.99 Å². The van der Waals surface area contributed by atoms with Crippen molar-refractivity contribution in [3.63, 3.8) is 0 Å². The fraction of sp³-hybridized carbons (Fsp3) is 0.727. The standard InChI is InChI=1S/C11H19BrO2/c1-4-5-6-10(13)9(7-12)11(14)8(2)3/h7-8,10,13H,4-6H2,1-3H3/b9-7-. The molecule has 0 aliphatic rings. The van der Waals surface area contributed by atoms with E-state index in [1.807, 2.05) is 13.8 Å². The Kier molecular flexibility index (Phi) is 7.11. The summed E-state index contributed by atoms with van der Waals surface area (Å²) in [5.74, 6) is -0.0412. The molecule has 0 amide bonds. The van der Waals surface area contributed by atoms with Gasteiger partial charge in [-0.15, -0.1) is 0 Å². The van der Waals surface area contributed by atoms with E-state index >= 15 is 0 Å². The van der Waals surface area contributed by atoms with E-state index < -0.39 is 6.10 Å². The number of hydrogen-bond acceptors (Lipinski definition) is 2. The minimum atomic E-state index is -0.621. The summed E-state index contributed by atoms with van der Waals surface area (Å²) in [4.78, 5) is 13.2. The van der Waals surface area contributed by atoms with Crippen LogP contribution in [0.1, 0.15) is 40.0 Å². The quantitative estimate of drug-likeness (QED) is 0.748. The van der Waals surface area contributed by atoms with Gasteiger partial charge < -0.3 is 5.11 Å². The summed E-state index contributed by atoms with van der Waals surface area (Å²) in [5.41, 5.74) is 0.494. The van der Waals surface area contributed by atoms with Crippen molar-refractivity contribution in [2.24, 2.45) is 5.92 Å². The molecule has 1 N–H and O–H groups in total. The third-order valence-electron chi connectivity index (χ3n) is 2.12. The molecule has 2 nitrogen and oxygen atoms in total. The molecule has 0 radical (unpaired) electrons. The molecular formula is C11H19BrO2. The highest BCUT2D eigenvalue weighted by Crippen LogP contribution is 2.16. The Morgan fingerprint density at radius 2 is 2.07 bits per heavy atom. The van der Waals surface area contributed by atoms with Crippen LogP contribution in [0.4, 0.5) is 0 Å². The Labute approximate surface area is 94.5 Å². The van der Waals surface area contributed by atoms with Gasteiger partial charge in [0.25, 0.3) is 0 Å². The highest BCUT2D eigenvalue weighted by atomic mass is 79.9. The van der Waals surface area contributed by atoms with E-state index in [1.165, 1.54) is 0 Å². The molecule has 1 unspecified atom stereocenters. The zero-order valence-corrected chi connectivity index (χ0v) is 10.7. The smallest absolute Gasteiger partial charge is 0.164 e. The number of hydrogen-bond donors (Lipinski definition) is 1. The van der Waals surface area contributed by atoms with Crippen molar-refractivity contribution in [3.8, 4) is 0 Å². The zero-order chi connectivity index (χ0) is 11.1. The second-order valence-corrected chi connectivity index (χ2v) is 4.20. The average molecular weight is 263 g/mol. The maximum Gasteiger partial charge on any atom is 0.164 e. The van der Waals surface area contributed by atoms with Crippen LogP contribution in [-0.4, -0.2) is 17.0 Å². The predicted octanol–water partition coefficient (Wildman–Crippen LogP) is 3.04. The van der Waals surface area contributed by atoms with Gasteiger partial charge in [0, 0.05) is 11.5 Å². The van der Waals surface area contributed by atoms with Gasteiger partial charge in [-0.2, -0.15) is 0 Å². The molecule has 0 aliphatic carbocycles. The van der Waals surface area contributed by atoms with Crippen molar-refractivity contribution in [1.29, 1.82) is 0 Å². The van der Waals surface area contributed by atoms with Crippen LogP contribution < -0.4 is 0 Å². The Bertz CT molecular complexity index is 209. The minimum absolute atomic E-state index is 0.0190. The molecule has 0 aromatic rings. The predicted molar refractivity (Wildman–Crippen MR) is 62.4 cm³/mol. The Balaban J connectivity index is 4.35. The van der Waals surface area contributed by atoms with Gasteiger partial charge in [0.15, 0.2) is 5.78 Å². The SMILES string of the molecule is CCCCC(O)/C(=C/Br)C(=O)C(C)C. The van der Waals surface area contributed by atoms with Crippen molar-refractivity contribution in [1.82, 2.24) is 0 Å². The summed E-state index contributed by atoms with van der Waals surface area (Å²) < 4.78 is 0. The summed E-state index contributed by atoms with van der Waals surface area (Å²) in [6.45, 7) is 5.74. The lowest BCUT2D eigenvalue weighted by atomic mass is 9.95. The lowest BCUT2D eigenvalue weighted by Crippen LogP contribution is -2.21. The molecule has 0 aliphatic heterocycles. The first kappa shape index (κ1) is 13.8. The van der Waals surface area contributed by atoms with Crippen LogP contribution >= 0.6 is 15.9 Å². The molecule has 82 valence electrons. The summed E-state index contributed by atoms with van der Waals surface area (Å²) in [7, 11) is 0. The first-order chi connectivity index (χ1) is 6.54. The molecule has 0 rings (SSSR count). The molecule has 0 fully saturated rings. The molecule has 0 aromatic carbocycles. The molecule has 14 heavy (non-hydrogen) atoms. The van der Waals surface area contributed by atoms with Crippen molar-refractivity contribution >= 4 is 21.7 Å². The highest BCUT2D eigenvalue weighted by molar-refractivity contribution is 9.11. The average Bonchev–Trinajstić information content (AvgIpc) is 2.15. The lowest BCUT2D eigenvalue weighted by Gasteiger charge is -2.14. The van der Waals surface area contributed by atoms with E-state index in [9.17, 15) is 9.90 Å². The molecule has 0 bridgehead atoms. The number of carbonyl (C=O) groups is 1. The van der Waals surface area contributed by atoms with Gasteiger partial charge in [0.2, 0.25) is 0 Å². The number of aliphatic hydroxyl groups is 1. The van der Waals surface area contributed by atoms with Gasteiger partial charge >= 0.3 is 0 Å². The zero-order valence-electron chi connectivity index (χ0n) is 9.09. The van der Waals surface area contributed by atoms with E-state index in [0.717, 1.165) is 12.8 Å². The number of aliphatic hydroxyl groups excluding tert-OH is 1. The van der Waals surface area contributed by atoms with Crippen LogP contribution in [0, 0.1) is 5.92 Å². The number of ketones is 1. The number of Topliss-reactive ketones (excluding diaryl/α,β-unsaturated/α-hetero) is 1. The summed E-state index contributed by atoms with van der Waals surface area (Å²) in [6, 6.07) is 0. The largest absolute Gasteiger partial charge is 0.388 e. The van der Waals surface area contributed by atoms with Crippen LogP contribution in [0.2, 0.25) is 0 Å². The topological polar surface area (TPSA) is 37.3 Å². The van der Waals surface area contributed by atoms with Gasteiger partial charge in [-0.25, -0.2) is 0 Å². The van der Waals surface area contributed by atoms with Gasteiger partial charge in [0.1, 0.15) is 0 Å². The van der Waals surface area contributed by atoms with E-state index in [-0.39, 0.29) is 11.7 Å². The van der Waals surface area contributed by atoms with Crippen molar-refractivity contribution in [2.75, 3.05) is 0 Å². The first-order valence-corrected chi connectivity index (χ1v) is 5.98. The maximum atomic E-state index is 11.6. The molecule has 0 saturated heterocycles. The van der Waals surface area contributed by atoms with Crippen LogP contribution in [0.5, 0.6) is 0 Å². The Hall–Kier alpha value is -0.150. The molecule has 0 heterocycles. The number of unbranched alkanes of at least 4 members (excludes halogenated alkanes) is 1. The highest BCUT2D eigenvalue weighted by Gasteiger charge is 2.19. The Morgan fingerprint density at radius 1 is 1.50 bits per heavy atom. The minimum Gasteiger partial charge on any atom is -0.388 e. The van der Waals surface area contributed by atoms with Crippen molar-refractivity contribution < 1.29 is 9.90 Å². The van der Waals surface area contributed by atoms with Crippen molar-refractivity contribution in [3.05, 3.63) is 10.6 Å². The number of halogens is 1. The molecular weight excluding hydrogens is 244 g/mol. The lowest BCUT2D eigenvalue weighted by molar-refractivity contribution is -0.119. The Morgan fingerprint density at radius 3 is 2.43 bits per heavy atom. The summed E-state index contributed by atoms with van der Waals surface area (Å²) in [6.07, 6.45) is 2.01. The normalized spacial score (nSPS) is 14.6. The number of carbonyl (C=O) groups excluding carboxylic acids is 1. The van der Waals surface area contributed by atoms with Crippen molar-refractivity contribution in [2.45, 2.75) is 46.1 Å².